The van der Waals surface area contributed by atoms with Crippen molar-refractivity contribution < 1.29 is 19.5 Å². The van der Waals surface area contributed by atoms with Gasteiger partial charge < -0.3 is 15.3 Å². The van der Waals surface area contributed by atoms with Crippen LogP contribution in [0.15, 0.2) is 11.6 Å². The molecule has 1 aliphatic rings. The van der Waals surface area contributed by atoms with Crippen LogP contribution < -0.4 is 5.32 Å². The van der Waals surface area contributed by atoms with E-state index >= 15 is 0 Å². The van der Waals surface area contributed by atoms with Gasteiger partial charge in [0, 0.05) is 25.2 Å². The Kier molecular flexibility index (Phi) is 10.2. The van der Waals surface area contributed by atoms with Crippen LogP contribution in [0.25, 0.3) is 0 Å². The highest BCUT2D eigenvalue weighted by molar-refractivity contribution is 5.90. The summed E-state index contributed by atoms with van der Waals surface area (Å²) in [6.45, 7) is 16.6. The van der Waals surface area contributed by atoms with E-state index < -0.39 is 12.0 Å². The number of nitrogens with one attached hydrogen (secondary N) is 1. The van der Waals surface area contributed by atoms with Crippen molar-refractivity contribution in [2.45, 2.75) is 92.4 Å². The number of hydrogen-bond donors (Lipinski definition) is 2. The summed E-state index contributed by atoms with van der Waals surface area (Å²) in [7, 11) is 1.68. The van der Waals surface area contributed by atoms with Gasteiger partial charge in [-0.3, -0.25) is 14.5 Å². The van der Waals surface area contributed by atoms with Crippen LogP contribution in [0.2, 0.25) is 0 Å². The van der Waals surface area contributed by atoms with Gasteiger partial charge in [-0.25, -0.2) is 4.79 Å². The van der Waals surface area contributed by atoms with Crippen molar-refractivity contribution in [3.63, 3.8) is 0 Å². The SMILES string of the molecule is C/C(=C\C(C(C)C)N(C)C(=O)C(NC(=O)C1CC[C@H](C)CN1C(C)C)C(C)C)C(=O)O. The molecule has 1 aliphatic heterocycles. The van der Waals surface area contributed by atoms with Crippen molar-refractivity contribution >= 4 is 17.8 Å². The molecule has 3 unspecified atom stereocenters. The molecular weight excluding hydrogens is 394 g/mol. The van der Waals surface area contributed by atoms with Crippen LogP contribution in [0, 0.1) is 17.8 Å². The average Bonchev–Trinajstić information content (AvgIpc) is 2.67. The fourth-order valence-electron chi connectivity index (χ4n) is 4.25. The minimum Gasteiger partial charge on any atom is -0.478 e. The number of carboxylic acids is 1. The molecule has 7 nitrogen and oxygen atoms in total. The van der Waals surface area contributed by atoms with Gasteiger partial charge >= 0.3 is 5.97 Å². The van der Waals surface area contributed by atoms with Gasteiger partial charge in [-0.05, 0) is 51.4 Å². The zero-order chi connectivity index (χ0) is 24.0. The van der Waals surface area contributed by atoms with E-state index in [4.69, 9.17) is 0 Å². The fourth-order valence-corrected chi connectivity index (χ4v) is 4.25. The number of likely N-dealkylation sites (N-methyl/N-ethyl adjacent to an activating group) is 1. The van der Waals surface area contributed by atoms with Crippen LogP contribution in [0.5, 0.6) is 0 Å². The highest BCUT2D eigenvalue weighted by Gasteiger charge is 2.37. The first kappa shape index (κ1) is 27.1. The number of rotatable bonds is 9. The monoisotopic (exact) mass is 437 g/mol. The van der Waals surface area contributed by atoms with Crippen molar-refractivity contribution in [2.24, 2.45) is 17.8 Å². The van der Waals surface area contributed by atoms with Crippen molar-refractivity contribution in [2.75, 3.05) is 13.6 Å². The zero-order valence-electron chi connectivity index (χ0n) is 20.8. The molecular formula is C24H43N3O4. The van der Waals surface area contributed by atoms with Crippen LogP contribution in [0.4, 0.5) is 0 Å². The Balaban J connectivity index is 3.06. The number of hydrogen-bond acceptors (Lipinski definition) is 4. The molecule has 2 N–H and O–H groups in total. The molecule has 31 heavy (non-hydrogen) atoms. The number of aliphatic carboxylic acids is 1. The number of amides is 2. The first-order valence-corrected chi connectivity index (χ1v) is 11.5. The van der Waals surface area contributed by atoms with E-state index in [1.165, 1.54) is 6.92 Å². The lowest BCUT2D eigenvalue weighted by atomic mass is 9.91. The summed E-state index contributed by atoms with van der Waals surface area (Å²) in [6.07, 6.45) is 3.40. The number of carbonyl (C=O) groups excluding carboxylic acids is 2. The average molecular weight is 438 g/mol. The van der Waals surface area contributed by atoms with E-state index in [2.05, 4.69) is 31.0 Å². The lowest BCUT2D eigenvalue weighted by molar-refractivity contribution is -0.140. The third-order valence-electron chi connectivity index (χ3n) is 6.29. The number of likely N-dealkylation sites (tertiary alicyclic amines) is 1. The van der Waals surface area contributed by atoms with Crippen molar-refractivity contribution in [1.29, 1.82) is 0 Å². The third-order valence-corrected chi connectivity index (χ3v) is 6.29. The highest BCUT2D eigenvalue weighted by Crippen LogP contribution is 2.24. The van der Waals surface area contributed by atoms with E-state index in [0.717, 1.165) is 19.4 Å². The Labute approximate surface area is 188 Å². The standard InChI is InChI=1S/C24H43N3O4/c1-14(2)20(12-18(8)24(30)31)26(9)23(29)21(15(3)4)25-22(28)19-11-10-17(7)13-27(19)16(5)6/h12,14-17,19-21H,10-11,13H2,1-9H3,(H,25,28)(H,30,31)/b18-12+/t17-,19?,20?,21?/m0/s1. The zero-order valence-corrected chi connectivity index (χ0v) is 20.8. The first-order chi connectivity index (χ1) is 14.3. The smallest absolute Gasteiger partial charge is 0.331 e. The summed E-state index contributed by atoms with van der Waals surface area (Å²) >= 11 is 0. The van der Waals surface area contributed by atoms with Crippen LogP contribution in [0.1, 0.15) is 68.2 Å². The van der Waals surface area contributed by atoms with E-state index in [0.29, 0.717) is 5.92 Å². The van der Waals surface area contributed by atoms with Crippen LogP contribution in [-0.2, 0) is 14.4 Å². The second-order valence-corrected chi connectivity index (χ2v) is 10.1. The molecule has 0 saturated carbocycles. The Morgan fingerprint density at radius 2 is 1.65 bits per heavy atom. The Morgan fingerprint density at radius 3 is 2.10 bits per heavy atom. The molecule has 1 fully saturated rings. The Bertz CT molecular complexity index is 672. The molecule has 4 atom stereocenters. The normalized spacial score (nSPS) is 22.5. The lowest BCUT2D eigenvalue weighted by Gasteiger charge is -2.41. The Morgan fingerprint density at radius 1 is 1.06 bits per heavy atom. The maximum Gasteiger partial charge on any atom is 0.331 e. The van der Waals surface area contributed by atoms with Crippen LogP contribution in [-0.4, -0.2) is 70.4 Å². The molecule has 7 heteroatoms. The maximum atomic E-state index is 13.4. The van der Waals surface area contributed by atoms with E-state index in [1.807, 2.05) is 27.7 Å². The predicted molar refractivity (Wildman–Crippen MR) is 124 cm³/mol. The number of piperidine rings is 1. The largest absolute Gasteiger partial charge is 0.478 e. The molecule has 178 valence electrons. The molecule has 0 aromatic carbocycles. The summed E-state index contributed by atoms with van der Waals surface area (Å²) in [6, 6.07) is -1.01. The van der Waals surface area contributed by atoms with Gasteiger partial charge in [-0.2, -0.15) is 0 Å². The second-order valence-electron chi connectivity index (χ2n) is 10.1. The molecule has 0 bridgehead atoms. The summed E-state index contributed by atoms with van der Waals surface area (Å²) in [5, 5.41) is 12.3. The van der Waals surface area contributed by atoms with Gasteiger partial charge in [0.15, 0.2) is 0 Å². The second kappa shape index (κ2) is 11.7. The highest BCUT2D eigenvalue weighted by atomic mass is 16.4. The lowest BCUT2D eigenvalue weighted by Crippen LogP contribution is -2.59. The first-order valence-electron chi connectivity index (χ1n) is 11.5. The molecule has 1 saturated heterocycles. The maximum absolute atomic E-state index is 13.4. The molecule has 0 aromatic heterocycles. The van der Waals surface area contributed by atoms with Crippen LogP contribution in [0.3, 0.4) is 0 Å². The fraction of sp³-hybridized carbons (Fsp3) is 0.792. The summed E-state index contributed by atoms with van der Waals surface area (Å²) < 4.78 is 0. The molecule has 2 amide bonds. The van der Waals surface area contributed by atoms with E-state index in [-0.39, 0.29) is 47.3 Å². The van der Waals surface area contributed by atoms with Crippen molar-refractivity contribution in [1.82, 2.24) is 15.1 Å². The quantitative estimate of drug-likeness (QED) is 0.541. The predicted octanol–water partition coefficient (Wildman–Crippen LogP) is 3.15. The molecule has 1 heterocycles. The molecule has 0 spiro atoms. The molecule has 1 rings (SSSR count). The van der Waals surface area contributed by atoms with Gasteiger partial charge in [0.05, 0.1) is 12.1 Å². The number of carboxylic acid groups (broad SMARTS) is 1. The van der Waals surface area contributed by atoms with Gasteiger partial charge in [-0.1, -0.05) is 40.7 Å². The Hall–Kier alpha value is -1.89. The van der Waals surface area contributed by atoms with Crippen molar-refractivity contribution in [3.05, 3.63) is 11.6 Å². The number of nitrogens with zero attached hydrogens (tertiary/aromatic N) is 2. The summed E-state index contributed by atoms with van der Waals surface area (Å²) in [5.74, 6) is -0.804. The van der Waals surface area contributed by atoms with Crippen molar-refractivity contribution in [3.8, 4) is 0 Å². The minimum atomic E-state index is -1.000. The van der Waals surface area contributed by atoms with Gasteiger partial charge in [0.1, 0.15) is 6.04 Å². The molecule has 0 aromatic rings. The number of carbonyl (C=O) groups is 3. The summed E-state index contributed by atoms with van der Waals surface area (Å²) in [4.78, 5) is 41.7. The van der Waals surface area contributed by atoms with Gasteiger partial charge in [-0.15, -0.1) is 0 Å². The van der Waals surface area contributed by atoms with Crippen LogP contribution >= 0.6 is 0 Å². The minimum absolute atomic E-state index is 0.0306. The van der Waals surface area contributed by atoms with Gasteiger partial charge in [0.2, 0.25) is 11.8 Å². The van der Waals surface area contributed by atoms with E-state index in [1.54, 1.807) is 18.0 Å². The van der Waals surface area contributed by atoms with Gasteiger partial charge in [0.25, 0.3) is 0 Å². The third kappa shape index (κ3) is 7.34. The summed E-state index contributed by atoms with van der Waals surface area (Å²) in [5.41, 5.74) is 0.201. The van der Waals surface area contributed by atoms with E-state index in [9.17, 15) is 19.5 Å². The topological polar surface area (TPSA) is 90.0 Å². The molecule has 0 aliphatic carbocycles. The molecule has 0 radical (unpaired) electrons.